The van der Waals surface area contributed by atoms with E-state index in [0.29, 0.717) is 11.3 Å². The van der Waals surface area contributed by atoms with Crippen molar-refractivity contribution >= 4 is 23.5 Å². The third kappa shape index (κ3) is 8.83. The summed E-state index contributed by atoms with van der Waals surface area (Å²) >= 11 is 6.29. The quantitative estimate of drug-likeness (QED) is 0.132. The molecule has 0 aliphatic carbocycles. The molecule has 0 bridgehead atoms. The van der Waals surface area contributed by atoms with Crippen molar-refractivity contribution in [3.8, 4) is 11.5 Å². The molecule has 0 aliphatic rings. The number of benzene rings is 3. The molecule has 0 radical (unpaired) electrons. The average molecular weight is 507 g/mol. The van der Waals surface area contributed by atoms with E-state index in [-0.39, 0.29) is 16.3 Å². The maximum Gasteiger partial charge on any atom is 0.345 e. The lowest BCUT2D eigenvalue weighted by Crippen LogP contribution is -2.11. The van der Waals surface area contributed by atoms with Crippen LogP contribution >= 0.6 is 11.6 Å². The maximum absolute atomic E-state index is 12.6. The Bertz CT molecular complexity index is 1120. The number of hydrogen-bond donors (Lipinski definition) is 0. The molecular formula is C31H35ClO4. The highest BCUT2D eigenvalue weighted by molar-refractivity contribution is 6.33. The largest absolute Gasteiger partial charge is 0.423 e. The van der Waals surface area contributed by atoms with Crippen LogP contribution in [0.2, 0.25) is 5.02 Å². The monoisotopic (exact) mass is 506 g/mol. The molecule has 5 heteroatoms. The summed E-state index contributed by atoms with van der Waals surface area (Å²) in [6.45, 7) is 4.19. The summed E-state index contributed by atoms with van der Waals surface area (Å²) in [5.74, 6) is -0.334. The molecule has 0 saturated heterocycles. The lowest BCUT2D eigenvalue weighted by Gasteiger charge is -2.09. The normalized spacial score (nSPS) is 10.8. The molecule has 0 unspecified atom stereocenters. The number of aryl methyl sites for hydroxylation is 2. The fraction of sp³-hybridized carbons (Fsp3) is 0.355. The number of carbonyl (C=O) groups excluding carboxylic acids is 2. The summed E-state index contributed by atoms with van der Waals surface area (Å²) in [4.78, 5) is 24.9. The molecule has 3 aromatic rings. The van der Waals surface area contributed by atoms with Crippen molar-refractivity contribution in [1.29, 1.82) is 0 Å². The molecule has 3 rings (SSSR count). The number of rotatable bonds is 13. The Labute approximate surface area is 219 Å². The number of ether oxygens (including phenoxy) is 2. The highest BCUT2D eigenvalue weighted by Crippen LogP contribution is 2.25. The minimum absolute atomic E-state index is 0.153. The van der Waals surface area contributed by atoms with Gasteiger partial charge in [-0.15, -0.1) is 0 Å². The summed E-state index contributed by atoms with van der Waals surface area (Å²) in [5, 5.41) is 0.153. The van der Waals surface area contributed by atoms with Crippen LogP contribution in [0.3, 0.4) is 0 Å². The summed E-state index contributed by atoms with van der Waals surface area (Å²) in [7, 11) is 0. The van der Waals surface area contributed by atoms with Crippen LogP contribution in [0.4, 0.5) is 0 Å². The van der Waals surface area contributed by atoms with Crippen LogP contribution in [-0.2, 0) is 6.42 Å². The number of carbonyl (C=O) groups is 2. The second-order valence-electron chi connectivity index (χ2n) is 9.16. The van der Waals surface area contributed by atoms with Crippen molar-refractivity contribution in [3.05, 3.63) is 94.0 Å². The van der Waals surface area contributed by atoms with Crippen LogP contribution in [0.5, 0.6) is 11.5 Å². The van der Waals surface area contributed by atoms with Crippen molar-refractivity contribution in [1.82, 2.24) is 0 Å². The summed E-state index contributed by atoms with van der Waals surface area (Å²) in [6, 6.07) is 19.2. The average Bonchev–Trinajstić information content (AvgIpc) is 2.87. The molecule has 0 amide bonds. The first-order valence-corrected chi connectivity index (χ1v) is 13.2. The summed E-state index contributed by atoms with van der Waals surface area (Å²) in [5.41, 5.74) is 2.93. The molecule has 0 aromatic heterocycles. The lowest BCUT2D eigenvalue weighted by molar-refractivity contribution is 0.0730. The van der Waals surface area contributed by atoms with Crippen molar-refractivity contribution < 1.29 is 19.1 Å². The van der Waals surface area contributed by atoms with Gasteiger partial charge in [0.1, 0.15) is 11.5 Å². The molecule has 0 fully saturated rings. The molecule has 0 atom stereocenters. The van der Waals surface area contributed by atoms with Gasteiger partial charge in [0.15, 0.2) is 0 Å². The molecule has 190 valence electrons. The molecule has 0 spiro atoms. The first-order valence-electron chi connectivity index (χ1n) is 12.9. The van der Waals surface area contributed by atoms with Gasteiger partial charge in [-0.1, -0.05) is 93.3 Å². The first-order chi connectivity index (χ1) is 17.5. The predicted octanol–water partition coefficient (Wildman–Crippen LogP) is 8.77. The van der Waals surface area contributed by atoms with Crippen LogP contribution in [0, 0.1) is 6.92 Å². The zero-order chi connectivity index (χ0) is 25.8. The second-order valence-corrected chi connectivity index (χ2v) is 9.56. The number of unbranched alkanes of at least 4 members (excludes halogenated alkanes) is 7. The Balaban J connectivity index is 1.46. The molecule has 4 nitrogen and oxygen atoms in total. The first kappa shape index (κ1) is 27.5. The maximum atomic E-state index is 12.6. The van der Waals surface area contributed by atoms with Crippen molar-refractivity contribution in [2.75, 3.05) is 0 Å². The molecule has 0 saturated carbocycles. The highest BCUT2D eigenvalue weighted by atomic mass is 35.5. The molecule has 3 aromatic carbocycles. The van der Waals surface area contributed by atoms with Crippen LogP contribution in [0.15, 0.2) is 66.7 Å². The third-order valence-corrected chi connectivity index (χ3v) is 6.42. The van der Waals surface area contributed by atoms with Gasteiger partial charge >= 0.3 is 11.9 Å². The van der Waals surface area contributed by atoms with Crippen LogP contribution in [-0.4, -0.2) is 11.9 Å². The smallest absolute Gasteiger partial charge is 0.345 e. The number of halogens is 1. The Kier molecular flexibility index (Phi) is 11.0. The molecule has 0 N–H and O–H groups in total. The van der Waals surface area contributed by atoms with Gasteiger partial charge in [-0.3, -0.25) is 0 Å². The molecule has 36 heavy (non-hydrogen) atoms. The predicted molar refractivity (Wildman–Crippen MR) is 145 cm³/mol. The van der Waals surface area contributed by atoms with Gasteiger partial charge in [0.2, 0.25) is 0 Å². The van der Waals surface area contributed by atoms with E-state index in [9.17, 15) is 9.59 Å². The SMILES string of the molecule is CCCCCCCCCCc1ccc(OC(=O)c2ccc(OC(=O)c3ccc(C)cc3)cc2Cl)cc1. The Morgan fingerprint density at radius 2 is 1.28 bits per heavy atom. The summed E-state index contributed by atoms with van der Waals surface area (Å²) in [6.07, 6.45) is 11.4. The van der Waals surface area contributed by atoms with Crippen LogP contribution < -0.4 is 9.47 Å². The van der Waals surface area contributed by atoms with Crippen molar-refractivity contribution in [2.24, 2.45) is 0 Å². The van der Waals surface area contributed by atoms with Gasteiger partial charge in [0, 0.05) is 6.07 Å². The molecule has 0 heterocycles. The fourth-order valence-electron chi connectivity index (χ4n) is 3.93. The summed E-state index contributed by atoms with van der Waals surface area (Å²) < 4.78 is 10.9. The topological polar surface area (TPSA) is 52.6 Å². The highest BCUT2D eigenvalue weighted by Gasteiger charge is 2.16. The fourth-order valence-corrected chi connectivity index (χ4v) is 4.18. The van der Waals surface area contributed by atoms with Gasteiger partial charge in [0.05, 0.1) is 16.1 Å². The van der Waals surface area contributed by atoms with E-state index in [1.165, 1.54) is 75.1 Å². The second kappa shape index (κ2) is 14.4. The molecular weight excluding hydrogens is 472 g/mol. The minimum Gasteiger partial charge on any atom is -0.423 e. The Morgan fingerprint density at radius 1 is 0.694 bits per heavy atom. The van der Waals surface area contributed by atoms with Gasteiger partial charge in [-0.05, 0) is 61.7 Å². The van der Waals surface area contributed by atoms with E-state index in [1.54, 1.807) is 12.1 Å². The van der Waals surface area contributed by atoms with E-state index < -0.39 is 11.9 Å². The number of esters is 2. The standard InChI is InChI=1S/C31H35ClO4/c1-3-4-5-6-7-8-9-10-11-24-14-18-26(19-15-24)35-31(34)28-21-20-27(22-29(28)32)36-30(33)25-16-12-23(2)13-17-25/h12-22H,3-11H2,1-2H3. The van der Waals surface area contributed by atoms with Crippen molar-refractivity contribution in [2.45, 2.75) is 71.6 Å². The molecule has 0 aliphatic heterocycles. The van der Waals surface area contributed by atoms with E-state index in [1.807, 2.05) is 43.3 Å². The van der Waals surface area contributed by atoms with Crippen LogP contribution in [0.25, 0.3) is 0 Å². The van der Waals surface area contributed by atoms with Gasteiger partial charge in [0.25, 0.3) is 0 Å². The zero-order valence-corrected chi connectivity index (χ0v) is 22.0. The third-order valence-electron chi connectivity index (χ3n) is 6.11. The van der Waals surface area contributed by atoms with Gasteiger partial charge in [-0.25, -0.2) is 9.59 Å². The zero-order valence-electron chi connectivity index (χ0n) is 21.2. The van der Waals surface area contributed by atoms with Crippen LogP contribution in [0.1, 0.15) is 90.1 Å². The van der Waals surface area contributed by atoms with E-state index in [0.717, 1.165) is 12.0 Å². The van der Waals surface area contributed by atoms with Crippen molar-refractivity contribution in [3.63, 3.8) is 0 Å². The Hall–Kier alpha value is -3.11. The Morgan fingerprint density at radius 3 is 1.92 bits per heavy atom. The van der Waals surface area contributed by atoms with E-state index in [4.69, 9.17) is 21.1 Å². The minimum atomic E-state index is -0.563. The number of hydrogen-bond acceptors (Lipinski definition) is 4. The van der Waals surface area contributed by atoms with Gasteiger partial charge in [-0.2, -0.15) is 0 Å². The van der Waals surface area contributed by atoms with Gasteiger partial charge < -0.3 is 9.47 Å². The lowest BCUT2D eigenvalue weighted by atomic mass is 10.0. The van der Waals surface area contributed by atoms with E-state index >= 15 is 0 Å². The van der Waals surface area contributed by atoms with E-state index in [2.05, 4.69) is 6.92 Å².